The number of nitrogens with zero attached hydrogens (tertiary/aromatic N) is 1. The molecule has 0 aromatic carbocycles. The van der Waals surface area contributed by atoms with Gasteiger partial charge in [0.15, 0.2) is 0 Å². The molecule has 5 heteroatoms. The van der Waals surface area contributed by atoms with Gasteiger partial charge in [0.05, 0.1) is 6.26 Å². The van der Waals surface area contributed by atoms with Gasteiger partial charge in [0.2, 0.25) is 10.0 Å². The smallest absolute Gasteiger partial charge is 0.211 e. The molecule has 0 aromatic heterocycles. The fraction of sp³-hybridized carbons (Fsp3) is 1.00. The van der Waals surface area contributed by atoms with Crippen molar-refractivity contribution in [2.45, 2.75) is 19.0 Å². The summed E-state index contributed by atoms with van der Waals surface area (Å²) in [5, 5.41) is 0. The first kappa shape index (κ1) is 8.93. The Labute approximate surface area is 66.2 Å². The van der Waals surface area contributed by atoms with E-state index < -0.39 is 16.2 Å². The van der Waals surface area contributed by atoms with E-state index in [1.54, 1.807) is 0 Å². The highest BCUT2D eigenvalue weighted by molar-refractivity contribution is 7.88. The van der Waals surface area contributed by atoms with Gasteiger partial charge in [-0.2, -0.15) is 4.31 Å². The molecule has 0 bridgehead atoms. The summed E-state index contributed by atoms with van der Waals surface area (Å²) in [6.45, 7) is 0.512. The Hall–Kier alpha value is -0.160. The van der Waals surface area contributed by atoms with Crippen molar-refractivity contribution in [1.29, 1.82) is 0 Å². The molecule has 1 aliphatic rings. The maximum atomic E-state index is 12.7. The lowest BCUT2D eigenvalue weighted by Gasteiger charge is -2.26. The summed E-state index contributed by atoms with van der Waals surface area (Å²) < 4.78 is 35.6. The van der Waals surface area contributed by atoms with Crippen molar-refractivity contribution in [1.82, 2.24) is 4.31 Å². The summed E-state index contributed by atoms with van der Waals surface area (Å²) in [4.78, 5) is 0. The second kappa shape index (κ2) is 3.06. The molecular formula is C6H12FNO2S. The second-order valence-corrected chi connectivity index (χ2v) is 4.84. The lowest BCUT2D eigenvalue weighted by molar-refractivity contribution is 0.203. The molecule has 1 aliphatic heterocycles. The zero-order valence-electron chi connectivity index (χ0n) is 6.46. The van der Waals surface area contributed by atoms with Crippen LogP contribution in [0.3, 0.4) is 0 Å². The highest BCUT2D eigenvalue weighted by atomic mass is 32.2. The molecule has 0 unspecified atom stereocenters. The summed E-state index contributed by atoms with van der Waals surface area (Å²) >= 11 is 0. The topological polar surface area (TPSA) is 37.4 Å². The highest BCUT2D eigenvalue weighted by Crippen LogP contribution is 2.14. The van der Waals surface area contributed by atoms with Gasteiger partial charge < -0.3 is 0 Å². The maximum absolute atomic E-state index is 12.7. The Morgan fingerprint density at radius 3 is 2.55 bits per heavy atom. The van der Waals surface area contributed by atoms with Crippen LogP contribution in [0.25, 0.3) is 0 Å². The number of hydrogen-bond donors (Lipinski definition) is 0. The van der Waals surface area contributed by atoms with E-state index in [2.05, 4.69) is 0 Å². The number of alkyl halides is 1. The van der Waals surface area contributed by atoms with Crippen LogP contribution >= 0.6 is 0 Å². The molecule has 0 aromatic rings. The standard InChI is InChI=1S/C6H12FNO2S/c1-11(9,10)8-4-2-3-6(7)5-8/h6H,2-5H2,1H3/t6-/m0/s1. The van der Waals surface area contributed by atoms with Crippen molar-refractivity contribution < 1.29 is 12.8 Å². The number of rotatable bonds is 1. The molecule has 1 heterocycles. The Kier molecular flexibility index (Phi) is 2.49. The van der Waals surface area contributed by atoms with Gasteiger partial charge in [0.25, 0.3) is 0 Å². The molecule has 11 heavy (non-hydrogen) atoms. The van der Waals surface area contributed by atoms with Crippen LogP contribution in [0.1, 0.15) is 12.8 Å². The third-order valence-corrected chi connectivity index (χ3v) is 3.07. The molecule has 1 fully saturated rings. The van der Waals surface area contributed by atoms with E-state index in [0.717, 1.165) is 6.26 Å². The minimum Gasteiger partial charge on any atom is -0.246 e. The summed E-state index contributed by atoms with van der Waals surface area (Å²) in [5.74, 6) is 0. The zero-order chi connectivity index (χ0) is 8.48. The van der Waals surface area contributed by atoms with Gasteiger partial charge >= 0.3 is 0 Å². The minimum atomic E-state index is -3.17. The molecule has 0 aliphatic carbocycles. The Bertz CT molecular complexity index is 227. The van der Waals surface area contributed by atoms with Crippen molar-refractivity contribution in [2.75, 3.05) is 19.3 Å². The quantitative estimate of drug-likeness (QED) is 0.586. The van der Waals surface area contributed by atoms with E-state index in [1.807, 2.05) is 0 Å². The van der Waals surface area contributed by atoms with Crippen LogP contribution < -0.4 is 0 Å². The van der Waals surface area contributed by atoms with E-state index in [-0.39, 0.29) is 6.54 Å². The molecule has 1 saturated heterocycles. The largest absolute Gasteiger partial charge is 0.246 e. The van der Waals surface area contributed by atoms with Gasteiger partial charge in [-0.25, -0.2) is 12.8 Å². The zero-order valence-corrected chi connectivity index (χ0v) is 7.27. The van der Waals surface area contributed by atoms with Crippen LogP contribution in [0.5, 0.6) is 0 Å². The normalized spacial score (nSPS) is 28.7. The molecule has 0 N–H and O–H groups in total. The SMILES string of the molecule is CS(=O)(=O)N1CCC[C@H](F)C1. The van der Waals surface area contributed by atoms with E-state index in [0.29, 0.717) is 19.4 Å². The van der Waals surface area contributed by atoms with Gasteiger partial charge in [-0.15, -0.1) is 0 Å². The third-order valence-electron chi connectivity index (χ3n) is 1.80. The first-order valence-corrected chi connectivity index (χ1v) is 5.44. The van der Waals surface area contributed by atoms with Crippen LogP contribution in [0.4, 0.5) is 4.39 Å². The molecule has 0 spiro atoms. The molecule has 1 atom stereocenters. The Balaban J connectivity index is 2.60. The molecule has 0 radical (unpaired) electrons. The van der Waals surface area contributed by atoms with Gasteiger partial charge in [-0.1, -0.05) is 0 Å². The molecular weight excluding hydrogens is 169 g/mol. The van der Waals surface area contributed by atoms with Crippen molar-refractivity contribution in [3.63, 3.8) is 0 Å². The van der Waals surface area contributed by atoms with Crippen molar-refractivity contribution >= 4 is 10.0 Å². The van der Waals surface area contributed by atoms with Crippen molar-refractivity contribution in [3.8, 4) is 0 Å². The Morgan fingerprint density at radius 1 is 1.55 bits per heavy atom. The van der Waals surface area contributed by atoms with E-state index in [4.69, 9.17) is 0 Å². The lowest BCUT2D eigenvalue weighted by atomic mass is 10.1. The summed E-state index contributed by atoms with van der Waals surface area (Å²) in [5.41, 5.74) is 0. The second-order valence-electron chi connectivity index (χ2n) is 2.86. The molecule has 3 nitrogen and oxygen atoms in total. The summed E-state index contributed by atoms with van der Waals surface area (Å²) in [6, 6.07) is 0. The van der Waals surface area contributed by atoms with Gasteiger partial charge in [0.1, 0.15) is 6.17 Å². The monoisotopic (exact) mass is 181 g/mol. The van der Waals surface area contributed by atoms with Crippen LogP contribution in [0.2, 0.25) is 0 Å². The molecule has 66 valence electrons. The molecule has 1 rings (SSSR count). The molecule has 0 saturated carbocycles. The van der Waals surface area contributed by atoms with Gasteiger partial charge in [-0.05, 0) is 12.8 Å². The highest BCUT2D eigenvalue weighted by Gasteiger charge is 2.25. The van der Waals surface area contributed by atoms with Crippen LogP contribution in [0.15, 0.2) is 0 Å². The minimum absolute atomic E-state index is 0.0405. The fourth-order valence-corrected chi connectivity index (χ4v) is 2.09. The van der Waals surface area contributed by atoms with Crippen molar-refractivity contribution in [3.05, 3.63) is 0 Å². The van der Waals surface area contributed by atoms with Crippen LogP contribution in [0, 0.1) is 0 Å². The predicted octanol–water partition coefficient (Wildman–Crippen LogP) is 0.380. The van der Waals surface area contributed by atoms with E-state index >= 15 is 0 Å². The van der Waals surface area contributed by atoms with E-state index in [9.17, 15) is 12.8 Å². The fourth-order valence-electron chi connectivity index (χ4n) is 1.19. The lowest BCUT2D eigenvalue weighted by Crippen LogP contribution is -2.39. The summed E-state index contributed by atoms with van der Waals surface area (Å²) in [6.07, 6.45) is 1.27. The van der Waals surface area contributed by atoms with Crippen LogP contribution in [-0.4, -0.2) is 38.2 Å². The third kappa shape index (κ3) is 2.41. The van der Waals surface area contributed by atoms with Crippen LogP contribution in [-0.2, 0) is 10.0 Å². The van der Waals surface area contributed by atoms with Gasteiger partial charge in [0, 0.05) is 13.1 Å². The summed E-state index contributed by atoms with van der Waals surface area (Å²) in [7, 11) is -3.17. The number of halogens is 1. The predicted molar refractivity (Wildman–Crippen MR) is 40.5 cm³/mol. The first-order chi connectivity index (χ1) is 5.00. The van der Waals surface area contributed by atoms with Crippen molar-refractivity contribution in [2.24, 2.45) is 0 Å². The number of piperidine rings is 1. The maximum Gasteiger partial charge on any atom is 0.211 e. The average Bonchev–Trinajstić information content (AvgIpc) is 1.86. The average molecular weight is 181 g/mol. The van der Waals surface area contributed by atoms with Gasteiger partial charge in [-0.3, -0.25) is 0 Å². The number of sulfonamides is 1. The van der Waals surface area contributed by atoms with E-state index in [1.165, 1.54) is 4.31 Å². The molecule has 0 amide bonds. The Morgan fingerprint density at radius 2 is 2.18 bits per heavy atom. The number of hydrogen-bond acceptors (Lipinski definition) is 2. The first-order valence-electron chi connectivity index (χ1n) is 3.59.